The number of carbonyl (C=O) groups is 2. The summed E-state index contributed by atoms with van der Waals surface area (Å²) in [6.45, 7) is 9.39. The number of esters is 1. The quantitative estimate of drug-likeness (QED) is 0.120. The lowest BCUT2D eigenvalue weighted by molar-refractivity contribution is -0.155. The third-order valence-electron chi connectivity index (χ3n) is 5.95. The number of rotatable bonds is 12. The first-order valence-corrected chi connectivity index (χ1v) is 13.3. The number of carbonyl (C=O) groups excluding carboxylic acids is 2. The molecule has 0 saturated carbocycles. The molecule has 0 spiro atoms. The van der Waals surface area contributed by atoms with E-state index in [4.69, 9.17) is 24.3 Å². The minimum atomic E-state index is -1.56. The first-order valence-electron chi connectivity index (χ1n) is 13.3. The van der Waals surface area contributed by atoms with Crippen LogP contribution < -0.4 is 10.1 Å². The molecule has 3 rings (SSSR count). The van der Waals surface area contributed by atoms with Crippen molar-refractivity contribution >= 4 is 23.5 Å². The Morgan fingerprint density at radius 3 is 2.52 bits per heavy atom. The van der Waals surface area contributed by atoms with Gasteiger partial charge in [0.1, 0.15) is 11.4 Å². The van der Waals surface area contributed by atoms with Crippen molar-refractivity contribution in [3.8, 4) is 5.75 Å². The molecule has 0 aromatic heterocycles. The Morgan fingerprint density at radius 1 is 1.20 bits per heavy atom. The maximum atomic E-state index is 13.9. The van der Waals surface area contributed by atoms with Crippen LogP contribution in [0, 0.1) is 0 Å². The predicted octanol–water partition coefficient (Wildman–Crippen LogP) is 5.29. The van der Waals surface area contributed by atoms with E-state index in [0.29, 0.717) is 29.9 Å². The number of aliphatic hydroxyl groups excluding tert-OH is 1. The molecule has 0 aliphatic carbocycles. The Hall–Kier alpha value is -4.08. The van der Waals surface area contributed by atoms with E-state index in [1.165, 1.54) is 0 Å². The van der Waals surface area contributed by atoms with Gasteiger partial charge in [-0.25, -0.2) is 4.99 Å². The number of hydrogen-bond donors (Lipinski definition) is 2. The summed E-state index contributed by atoms with van der Waals surface area (Å²) >= 11 is 0. The van der Waals surface area contributed by atoms with Crippen LogP contribution in [-0.2, 0) is 19.1 Å². The summed E-state index contributed by atoms with van der Waals surface area (Å²) in [4.78, 5) is 34.5. The normalized spacial score (nSPS) is 18.4. The summed E-state index contributed by atoms with van der Waals surface area (Å²) in [5, 5.41) is 15.7. The molecule has 0 bridgehead atoms. The number of nitrogens with zero attached hydrogens (tertiary/aromatic N) is 4. The Balaban J connectivity index is 2.09. The number of amides is 1. The molecular weight excluding hydrogens is 514 g/mol. The largest absolute Gasteiger partial charge is 0.494 e. The van der Waals surface area contributed by atoms with Crippen molar-refractivity contribution in [1.82, 2.24) is 5.32 Å². The van der Waals surface area contributed by atoms with Crippen molar-refractivity contribution < 1.29 is 28.9 Å². The summed E-state index contributed by atoms with van der Waals surface area (Å²) < 4.78 is 17.5. The minimum Gasteiger partial charge on any atom is -0.494 e. The van der Waals surface area contributed by atoms with Crippen LogP contribution in [0.4, 0.5) is 5.69 Å². The molecule has 11 nitrogen and oxygen atoms in total. The topological polar surface area (TPSA) is 155 Å². The van der Waals surface area contributed by atoms with Gasteiger partial charge in [-0.05, 0) is 70.8 Å². The van der Waals surface area contributed by atoms with Gasteiger partial charge in [0, 0.05) is 47.2 Å². The molecule has 2 N–H and O–H groups in total. The van der Waals surface area contributed by atoms with Gasteiger partial charge < -0.3 is 24.6 Å². The molecule has 2 atom stereocenters. The van der Waals surface area contributed by atoms with E-state index < -0.39 is 29.1 Å². The molecule has 2 aromatic carbocycles. The van der Waals surface area contributed by atoms with Gasteiger partial charge in [-0.2, -0.15) is 0 Å². The van der Waals surface area contributed by atoms with E-state index in [-0.39, 0.29) is 37.1 Å². The molecule has 0 fully saturated rings. The number of hydrogen-bond acceptors (Lipinski definition) is 8. The van der Waals surface area contributed by atoms with Crippen molar-refractivity contribution in [2.24, 2.45) is 10.1 Å². The van der Waals surface area contributed by atoms with Crippen molar-refractivity contribution in [2.75, 3.05) is 13.2 Å². The molecule has 40 heavy (non-hydrogen) atoms. The highest BCUT2D eigenvalue weighted by molar-refractivity contribution is 6.01. The van der Waals surface area contributed by atoms with E-state index in [0.717, 1.165) is 0 Å². The second-order valence-corrected chi connectivity index (χ2v) is 10.8. The van der Waals surface area contributed by atoms with Crippen LogP contribution in [0.15, 0.2) is 58.6 Å². The number of benzene rings is 2. The number of aliphatic imine (C=N–C) groups is 1. The zero-order valence-corrected chi connectivity index (χ0v) is 23.6. The molecule has 0 unspecified atom stereocenters. The van der Waals surface area contributed by atoms with Crippen LogP contribution in [0.2, 0.25) is 0 Å². The molecular formula is C29H37N5O6. The van der Waals surface area contributed by atoms with Crippen molar-refractivity contribution in [1.29, 1.82) is 0 Å². The molecule has 0 radical (unpaired) electrons. The third-order valence-corrected chi connectivity index (χ3v) is 5.95. The average Bonchev–Trinajstić information content (AvgIpc) is 3.28. The van der Waals surface area contributed by atoms with Crippen LogP contribution in [-0.4, -0.2) is 53.3 Å². The lowest BCUT2D eigenvalue weighted by Crippen LogP contribution is -2.50. The molecule has 0 saturated heterocycles. The molecule has 214 valence electrons. The minimum absolute atomic E-state index is 0.0123. The number of nitrogens with one attached hydrogen (secondary N) is 1. The molecule has 1 aliphatic rings. The van der Waals surface area contributed by atoms with Crippen LogP contribution in [0.3, 0.4) is 0 Å². The number of azide groups is 1. The smallest absolute Gasteiger partial charge is 0.306 e. The standard InChI is InChI=1S/C29H37N5O6/c1-19(2)31-27(37)29(16-15-24(36)40-28(3,4)5)25(22-9-6-7-10-23(22)33-34-30)39-26(32-29)20-11-13-21(14-12-20)38-18-8-17-35/h6-7,9-14,19,25,35H,8,15-18H2,1-5H3,(H,31,37)/t25-,29-/m1/s1. The van der Waals surface area contributed by atoms with E-state index in [1.807, 2.05) is 13.8 Å². The van der Waals surface area contributed by atoms with Crippen molar-refractivity contribution in [3.63, 3.8) is 0 Å². The average molecular weight is 552 g/mol. The second kappa shape index (κ2) is 13.3. The highest BCUT2D eigenvalue weighted by Crippen LogP contribution is 2.46. The maximum Gasteiger partial charge on any atom is 0.306 e. The number of aliphatic hydroxyl groups is 1. The maximum absolute atomic E-state index is 13.9. The van der Waals surface area contributed by atoms with Gasteiger partial charge in [-0.15, -0.1) is 0 Å². The molecule has 1 amide bonds. The Bertz CT molecular complexity index is 1260. The summed E-state index contributed by atoms with van der Waals surface area (Å²) in [5.74, 6) is -0.0920. The summed E-state index contributed by atoms with van der Waals surface area (Å²) in [7, 11) is 0. The fourth-order valence-corrected chi connectivity index (χ4v) is 4.27. The van der Waals surface area contributed by atoms with Gasteiger partial charge >= 0.3 is 5.97 Å². The van der Waals surface area contributed by atoms with Gasteiger partial charge in [-0.1, -0.05) is 29.4 Å². The summed E-state index contributed by atoms with van der Waals surface area (Å²) in [5.41, 5.74) is 8.28. The van der Waals surface area contributed by atoms with Gasteiger partial charge in [0.15, 0.2) is 11.6 Å². The van der Waals surface area contributed by atoms with Crippen LogP contribution in [0.1, 0.15) is 71.1 Å². The summed E-state index contributed by atoms with van der Waals surface area (Å²) in [6, 6.07) is 13.6. The van der Waals surface area contributed by atoms with Gasteiger partial charge in [0.05, 0.1) is 6.61 Å². The van der Waals surface area contributed by atoms with E-state index in [2.05, 4.69) is 15.3 Å². The fourth-order valence-electron chi connectivity index (χ4n) is 4.27. The summed E-state index contributed by atoms with van der Waals surface area (Å²) in [6.07, 6.45) is -0.594. The van der Waals surface area contributed by atoms with Crippen LogP contribution in [0.5, 0.6) is 5.75 Å². The van der Waals surface area contributed by atoms with Gasteiger partial charge in [0.25, 0.3) is 5.91 Å². The zero-order valence-electron chi connectivity index (χ0n) is 23.6. The Kier molecular flexibility index (Phi) is 10.1. The van der Waals surface area contributed by atoms with E-state index in [9.17, 15) is 15.1 Å². The molecule has 1 heterocycles. The monoisotopic (exact) mass is 551 g/mol. The molecule has 2 aromatic rings. The zero-order chi connectivity index (χ0) is 29.3. The molecule has 1 aliphatic heterocycles. The first kappa shape index (κ1) is 30.5. The van der Waals surface area contributed by atoms with Crippen molar-refractivity contribution in [2.45, 2.75) is 77.2 Å². The Labute approximate surface area is 234 Å². The Morgan fingerprint density at radius 2 is 1.90 bits per heavy atom. The lowest BCUT2D eigenvalue weighted by Gasteiger charge is -2.32. The first-order chi connectivity index (χ1) is 19.0. The van der Waals surface area contributed by atoms with E-state index >= 15 is 0 Å². The van der Waals surface area contributed by atoms with Crippen LogP contribution >= 0.6 is 0 Å². The molecule has 11 heteroatoms. The second-order valence-electron chi connectivity index (χ2n) is 10.8. The van der Waals surface area contributed by atoms with Gasteiger partial charge in [0.2, 0.25) is 5.90 Å². The lowest BCUT2D eigenvalue weighted by atomic mass is 9.82. The number of ether oxygens (including phenoxy) is 3. The predicted molar refractivity (Wildman–Crippen MR) is 150 cm³/mol. The fraction of sp³-hybridized carbons (Fsp3) is 0.483. The van der Waals surface area contributed by atoms with E-state index in [1.54, 1.807) is 69.3 Å². The third kappa shape index (κ3) is 7.74. The van der Waals surface area contributed by atoms with Crippen LogP contribution in [0.25, 0.3) is 10.4 Å². The highest BCUT2D eigenvalue weighted by atomic mass is 16.6. The van der Waals surface area contributed by atoms with Gasteiger partial charge in [-0.3, -0.25) is 9.59 Å². The van der Waals surface area contributed by atoms with Crippen molar-refractivity contribution in [3.05, 3.63) is 70.1 Å². The highest BCUT2D eigenvalue weighted by Gasteiger charge is 2.54. The SMILES string of the molecule is CC(C)NC(=O)[C@]1(CCC(=O)OC(C)(C)C)N=C(c2ccc(OCCCO)cc2)O[C@@H]1c1ccccc1N=[N+]=[N-].